The Labute approximate surface area is 176 Å². The molecule has 5 heteroatoms. The highest BCUT2D eigenvalue weighted by Gasteiger charge is 2.25. The van der Waals surface area contributed by atoms with Crippen molar-refractivity contribution in [2.24, 2.45) is 0 Å². The van der Waals surface area contributed by atoms with Gasteiger partial charge in [-0.3, -0.25) is 4.79 Å². The fourth-order valence-electron chi connectivity index (χ4n) is 4.48. The van der Waals surface area contributed by atoms with Crippen molar-refractivity contribution in [3.63, 3.8) is 0 Å². The summed E-state index contributed by atoms with van der Waals surface area (Å²) in [5.74, 6) is 0.878. The Kier molecular flexibility index (Phi) is 5.64. The van der Waals surface area contributed by atoms with Crippen molar-refractivity contribution in [1.82, 2.24) is 4.90 Å². The Bertz CT molecular complexity index is 1110. The number of aryl methyl sites for hydroxylation is 1. The topological polar surface area (TPSA) is 59.0 Å². The van der Waals surface area contributed by atoms with Crippen molar-refractivity contribution in [3.8, 4) is 22.6 Å². The second kappa shape index (κ2) is 8.36. The second-order valence-corrected chi connectivity index (χ2v) is 7.82. The van der Waals surface area contributed by atoms with E-state index in [0.717, 1.165) is 58.5 Å². The summed E-state index contributed by atoms with van der Waals surface area (Å²) in [5.41, 5.74) is 5.51. The highest BCUT2D eigenvalue weighted by atomic mass is 16.5. The molecule has 1 aliphatic rings. The summed E-state index contributed by atoms with van der Waals surface area (Å²) in [5, 5.41) is 11.2. The van der Waals surface area contributed by atoms with Gasteiger partial charge < -0.3 is 19.5 Å². The average molecular weight is 405 g/mol. The van der Waals surface area contributed by atoms with E-state index in [1.165, 1.54) is 11.1 Å². The van der Waals surface area contributed by atoms with Crippen molar-refractivity contribution in [2.45, 2.75) is 25.8 Å². The van der Waals surface area contributed by atoms with Crippen LogP contribution in [0.1, 0.15) is 23.1 Å². The number of ether oxygens (including phenoxy) is 2. The van der Waals surface area contributed by atoms with Crippen LogP contribution in [0.2, 0.25) is 0 Å². The van der Waals surface area contributed by atoms with E-state index in [1.54, 1.807) is 14.2 Å². The average Bonchev–Trinajstić information content (AvgIpc) is 2.75. The zero-order valence-electron chi connectivity index (χ0n) is 17.7. The number of hydrogen-bond donors (Lipinski definition) is 1. The molecule has 0 saturated carbocycles. The predicted molar refractivity (Wildman–Crippen MR) is 118 cm³/mol. The molecule has 1 aliphatic heterocycles. The van der Waals surface area contributed by atoms with Crippen LogP contribution in [0.25, 0.3) is 21.9 Å². The van der Waals surface area contributed by atoms with Gasteiger partial charge in [0.05, 0.1) is 19.8 Å². The van der Waals surface area contributed by atoms with Crippen LogP contribution in [0.15, 0.2) is 42.5 Å². The minimum Gasteiger partial charge on any atom is -0.496 e. The Hall–Kier alpha value is -3.05. The first-order valence-electron chi connectivity index (χ1n) is 10.2. The number of aliphatic carboxylic acids is 1. The minimum atomic E-state index is -0.787. The molecule has 0 aliphatic carbocycles. The molecule has 0 unspecified atom stereocenters. The van der Waals surface area contributed by atoms with Crippen molar-refractivity contribution in [2.75, 3.05) is 27.8 Å². The van der Waals surface area contributed by atoms with Gasteiger partial charge in [0, 0.05) is 25.1 Å². The first-order valence-corrected chi connectivity index (χ1v) is 10.2. The third-order valence-corrected chi connectivity index (χ3v) is 5.95. The summed E-state index contributed by atoms with van der Waals surface area (Å²) >= 11 is 0. The number of likely N-dealkylation sites (N-methyl/N-ethyl adjacent to an activating group) is 1. The van der Waals surface area contributed by atoms with Gasteiger partial charge in [-0.15, -0.1) is 0 Å². The highest BCUT2D eigenvalue weighted by Crippen LogP contribution is 2.46. The van der Waals surface area contributed by atoms with Crippen LogP contribution in [-0.2, 0) is 24.2 Å². The molecule has 3 aromatic rings. The fourth-order valence-corrected chi connectivity index (χ4v) is 4.48. The Morgan fingerprint density at radius 3 is 2.60 bits per heavy atom. The predicted octanol–water partition coefficient (Wildman–Crippen LogP) is 4.53. The number of rotatable bonds is 6. The number of methoxy groups -OCH3 is 2. The van der Waals surface area contributed by atoms with Crippen LogP contribution >= 0.6 is 0 Å². The van der Waals surface area contributed by atoms with Crippen LogP contribution in [0.5, 0.6) is 11.5 Å². The van der Waals surface area contributed by atoms with Gasteiger partial charge in [-0.05, 0) is 53.4 Å². The molecule has 1 heterocycles. The molecule has 4 rings (SSSR count). The number of fused-ring (bicyclic) bond motifs is 2. The number of carbonyl (C=O) groups is 1. The quantitative estimate of drug-likeness (QED) is 0.653. The van der Waals surface area contributed by atoms with E-state index in [0.29, 0.717) is 6.42 Å². The lowest BCUT2D eigenvalue weighted by Crippen LogP contribution is -2.27. The largest absolute Gasteiger partial charge is 0.496 e. The maximum Gasteiger partial charge on any atom is 0.303 e. The van der Waals surface area contributed by atoms with E-state index < -0.39 is 5.97 Å². The Morgan fingerprint density at radius 1 is 1.10 bits per heavy atom. The SMILES string of the molecule is COc1cc2c(c(OC)c1-c1cccc3c(CCC(=O)O)cccc13)CN(C)CC2. The van der Waals surface area contributed by atoms with Crippen LogP contribution in [0.4, 0.5) is 0 Å². The highest BCUT2D eigenvalue weighted by molar-refractivity contribution is 6.01. The fraction of sp³-hybridized carbons (Fsp3) is 0.320. The van der Waals surface area contributed by atoms with Gasteiger partial charge >= 0.3 is 5.97 Å². The number of nitrogens with zero attached hydrogens (tertiary/aromatic N) is 1. The molecule has 5 nitrogen and oxygen atoms in total. The molecule has 156 valence electrons. The molecular formula is C25H27NO4. The molecule has 0 atom stereocenters. The standard InChI is InChI=1S/C25H27NO4/c1-26-13-12-17-14-22(29-2)24(25(30-3)21(17)15-26)20-9-5-7-18-16(10-11-23(27)28)6-4-8-19(18)20/h4-9,14H,10-13,15H2,1-3H3,(H,27,28). The molecule has 0 spiro atoms. The lowest BCUT2D eigenvalue weighted by Gasteiger charge is -2.29. The van der Waals surface area contributed by atoms with E-state index in [4.69, 9.17) is 14.6 Å². The smallest absolute Gasteiger partial charge is 0.303 e. The number of benzene rings is 3. The van der Waals surface area contributed by atoms with Gasteiger partial charge in [0.25, 0.3) is 0 Å². The van der Waals surface area contributed by atoms with Gasteiger partial charge in [0.2, 0.25) is 0 Å². The van der Waals surface area contributed by atoms with Crippen LogP contribution in [0.3, 0.4) is 0 Å². The van der Waals surface area contributed by atoms with Crippen molar-refractivity contribution in [3.05, 3.63) is 59.2 Å². The third kappa shape index (κ3) is 3.61. The first-order chi connectivity index (χ1) is 14.5. The molecule has 0 radical (unpaired) electrons. The third-order valence-electron chi connectivity index (χ3n) is 5.95. The summed E-state index contributed by atoms with van der Waals surface area (Å²) < 4.78 is 11.8. The number of carboxylic acids is 1. The lowest BCUT2D eigenvalue weighted by molar-refractivity contribution is -0.136. The first kappa shape index (κ1) is 20.2. The summed E-state index contributed by atoms with van der Waals surface area (Å²) in [6.45, 7) is 1.85. The minimum absolute atomic E-state index is 0.112. The van der Waals surface area contributed by atoms with Crippen molar-refractivity contribution < 1.29 is 19.4 Å². The Morgan fingerprint density at radius 2 is 1.87 bits per heavy atom. The molecule has 0 saturated heterocycles. The summed E-state index contributed by atoms with van der Waals surface area (Å²) in [4.78, 5) is 13.4. The van der Waals surface area contributed by atoms with Gasteiger partial charge in [-0.25, -0.2) is 0 Å². The van der Waals surface area contributed by atoms with Crippen LogP contribution < -0.4 is 9.47 Å². The van der Waals surface area contributed by atoms with E-state index in [2.05, 4.69) is 36.2 Å². The van der Waals surface area contributed by atoms with E-state index in [1.807, 2.05) is 18.2 Å². The molecule has 0 fully saturated rings. The molecular weight excluding hydrogens is 378 g/mol. The maximum absolute atomic E-state index is 11.1. The van der Waals surface area contributed by atoms with Crippen LogP contribution in [-0.4, -0.2) is 43.8 Å². The molecule has 1 N–H and O–H groups in total. The van der Waals surface area contributed by atoms with Gasteiger partial charge in [0.1, 0.15) is 11.5 Å². The lowest BCUT2D eigenvalue weighted by atomic mass is 9.89. The number of carboxylic acid groups (broad SMARTS) is 1. The van der Waals surface area contributed by atoms with Crippen LogP contribution in [0, 0.1) is 0 Å². The number of hydrogen-bond acceptors (Lipinski definition) is 4. The zero-order valence-corrected chi connectivity index (χ0v) is 17.7. The molecule has 3 aromatic carbocycles. The van der Waals surface area contributed by atoms with E-state index in [-0.39, 0.29) is 6.42 Å². The monoisotopic (exact) mass is 405 g/mol. The maximum atomic E-state index is 11.1. The summed E-state index contributed by atoms with van der Waals surface area (Å²) in [6.07, 6.45) is 1.58. The van der Waals surface area contributed by atoms with Crippen molar-refractivity contribution in [1.29, 1.82) is 0 Å². The van der Waals surface area contributed by atoms with Gasteiger partial charge in [0.15, 0.2) is 0 Å². The normalized spacial score (nSPS) is 13.8. The zero-order chi connectivity index (χ0) is 21.3. The summed E-state index contributed by atoms with van der Waals surface area (Å²) in [6, 6.07) is 14.4. The Balaban J connectivity index is 1.95. The molecule has 0 amide bonds. The molecule has 0 aromatic heterocycles. The van der Waals surface area contributed by atoms with Gasteiger partial charge in [-0.2, -0.15) is 0 Å². The summed E-state index contributed by atoms with van der Waals surface area (Å²) in [7, 11) is 5.54. The van der Waals surface area contributed by atoms with E-state index in [9.17, 15) is 4.79 Å². The molecule has 30 heavy (non-hydrogen) atoms. The van der Waals surface area contributed by atoms with Crippen molar-refractivity contribution >= 4 is 16.7 Å². The van der Waals surface area contributed by atoms with E-state index >= 15 is 0 Å². The second-order valence-electron chi connectivity index (χ2n) is 7.82. The van der Waals surface area contributed by atoms with Gasteiger partial charge in [-0.1, -0.05) is 36.4 Å². The molecule has 0 bridgehead atoms.